The highest BCUT2D eigenvalue weighted by atomic mass is 16.5. The predicted octanol–water partition coefficient (Wildman–Crippen LogP) is 5.70. The van der Waals surface area contributed by atoms with Gasteiger partial charge in [0.15, 0.2) is 0 Å². The molecule has 31 heavy (non-hydrogen) atoms. The average Bonchev–Trinajstić information content (AvgIpc) is 2.81. The van der Waals surface area contributed by atoms with Crippen LogP contribution in [0.4, 0.5) is 0 Å². The smallest absolute Gasteiger partial charge is 0.255 e. The number of benzene rings is 4. The SMILES string of the molecule is CCN(CO)C(=O)c1ccc2cc(-c3ccc4c(C)c(OC)cc(C)c4c3)ccc2c1. The summed E-state index contributed by atoms with van der Waals surface area (Å²) in [5.41, 5.74) is 5.20. The van der Waals surface area contributed by atoms with E-state index in [0.29, 0.717) is 12.1 Å². The van der Waals surface area contributed by atoms with Crippen molar-refractivity contribution in [3.05, 3.63) is 77.4 Å². The molecule has 0 saturated heterocycles. The molecule has 4 rings (SSSR count). The number of fused-ring (bicyclic) bond motifs is 2. The number of hydrogen-bond donors (Lipinski definition) is 1. The minimum atomic E-state index is -0.279. The number of nitrogens with zero attached hydrogens (tertiary/aromatic N) is 1. The maximum atomic E-state index is 12.5. The molecule has 158 valence electrons. The summed E-state index contributed by atoms with van der Waals surface area (Å²) in [6.45, 7) is 6.24. The third-order valence-corrected chi connectivity index (χ3v) is 6.05. The van der Waals surface area contributed by atoms with Crippen molar-refractivity contribution < 1.29 is 14.6 Å². The second kappa shape index (κ2) is 8.40. The number of amides is 1. The molecule has 0 spiro atoms. The van der Waals surface area contributed by atoms with E-state index in [9.17, 15) is 9.90 Å². The average molecular weight is 414 g/mol. The lowest BCUT2D eigenvalue weighted by Gasteiger charge is -2.18. The van der Waals surface area contributed by atoms with Crippen LogP contribution in [0, 0.1) is 13.8 Å². The van der Waals surface area contributed by atoms with Crippen molar-refractivity contribution in [2.75, 3.05) is 20.4 Å². The highest BCUT2D eigenvalue weighted by Crippen LogP contribution is 2.34. The van der Waals surface area contributed by atoms with Gasteiger partial charge in [-0.1, -0.05) is 30.3 Å². The number of aryl methyl sites for hydroxylation is 2. The minimum absolute atomic E-state index is 0.160. The summed E-state index contributed by atoms with van der Waals surface area (Å²) < 4.78 is 5.51. The van der Waals surface area contributed by atoms with Crippen LogP contribution in [0.2, 0.25) is 0 Å². The van der Waals surface area contributed by atoms with Crippen LogP contribution in [0.1, 0.15) is 28.4 Å². The van der Waals surface area contributed by atoms with Crippen molar-refractivity contribution in [2.45, 2.75) is 20.8 Å². The fourth-order valence-corrected chi connectivity index (χ4v) is 4.15. The fraction of sp³-hybridized carbons (Fsp3) is 0.222. The molecule has 1 amide bonds. The van der Waals surface area contributed by atoms with Crippen LogP contribution in [0.15, 0.2) is 60.7 Å². The Hall–Kier alpha value is -3.37. The molecule has 0 saturated carbocycles. The van der Waals surface area contributed by atoms with Gasteiger partial charge in [-0.25, -0.2) is 0 Å². The molecule has 0 aliphatic heterocycles. The van der Waals surface area contributed by atoms with E-state index in [1.807, 2.05) is 31.2 Å². The van der Waals surface area contributed by atoms with Crippen LogP contribution in [-0.4, -0.2) is 36.3 Å². The maximum absolute atomic E-state index is 12.5. The molecule has 0 fully saturated rings. The van der Waals surface area contributed by atoms with Gasteiger partial charge in [0, 0.05) is 12.1 Å². The lowest BCUT2D eigenvalue weighted by molar-refractivity contribution is 0.0571. The summed E-state index contributed by atoms with van der Waals surface area (Å²) in [7, 11) is 1.71. The third-order valence-electron chi connectivity index (χ3n) is 6.05. The van der Waals surface area contributed by atoms with Crippen molar-refractivity contribution in [1.29, 1.82) is 0 Å². The van der Waals surface area contributed by atoms with Gasteiger partial charge in [0.25, 0.3) is 5.91 Å². The van der Waals surface area contributed by atoms with Gasteiger partial charge in [-0.2, -0.15) is 0 Å². The van der Waals surface area contributed by atoms with E-state index < -0.39 is 0 Å². The van der Waals surface area contributed by atoms with Gasteiger partial charge < -0.3 is 14.7 Å². The Bertz CT molecular complexity index is 1290. The summed E-state index contributed by atoms with van der Waals surface area (Å²) >= 11 is 0. The number of aliphatic hydroxyl groups is 1. The van der Waals surface area contributed by atoms with Crippen molar-refractivity contribution in [2.24, 2.45) is 0 Å². The molecule has 0 unspecified atom stereocenters. The standard InChI is InChI=1S/C27H27NO3/c1-5-28(16-29)27(30)23-9-8-19-13-20(6-7-21(19)14-23)22-10-11-24-18(3)26(31-4)12-17(2)25(24)15-22/h6-15,29H,5,16H2,1-4H3. The summed E-state index contributed by atoms with van der Waals surface area (Å²) in [6.07, 6.45) is 0. The number of carbonyl (C=O) groups is 1. The van der Waals surface area contributed by atoms with E-state index in [2.05, 4.69) is 50.2 Å². The molecule has 4 aromatic rings. The Kier molecular flexibility index (Phi) is 5.66. The molecule has 1 N–H and O–H groups in total. The van der Waals surface area contributed by atoms with Gasteiger partial charge in [0.05, 0.1) is 7.11 Å². The lowest BCUT2D eigenvalue weighted by atomic mass is 9.94. The van der Waals surface area contributed by atoms with Crippen LogP contribution in [0.5, 0.6) is 5.75 Å². The van der Waals surface area contributed by atoms with Crippen LogP contribution >= 0.6 is 0 Å². The van der Waals surface area contributed by atoms with E-state index >= 15 is 0 Å². The van der Waals surface area contributed by atoms with Crippen LogP contribution in [0.25, 0.3) is 32.7 Å². The Labute approximate surface area is 182 Å². The largest absolute Gasteiger partial charge is 0.496 e. The summed E-state index contributed by atoms with van der Waals surface area (Å²) in [6, 6.07) is 20.6. The maximum Gasteiger partial charge on any atom is 0.255 e. The fourth-order valence-electron chi connectivity index (χ4n) is 4.15. The van der Waals surface area contributed by atoms with Crippen LogP contribution < -0.4 is 4.74 Å². The summed E-state index contributed by atoms with van der Waals surface area (Å²) in [5.74, 6) is 0.753. The Morgan fingerprint density at radius 3 is 2.29 bits per heavy atom. The Morgan fingerprint density at radius 1 is 0.903 bits per heavy atom. The van der Waals surface area contributed by atoms with E-state index in [4.69, 9.17) is 4.74 Å². The minimum Gasteiger partial charge on any atom is -0.496 e. The van der Waals surface area contributed by atoms with E-state index in [-0.39, 0.29) is 12.6 Å². The predicted molar refractivity (Wildman–Crippen MR) is 127 cm³/mol. The van der Waals surface area contributed by atoms with Gasteiger partial charge >= 0.3 is 0 Å². The van der Waals surface area contributed by atoms with Crippen molar-refractivity contribution >= 4 is 27.5 Å². The third kappa shape index (κ3) is 3.75. The highest BCUT2D eigenvalue weighted by molar-refractivity contribution is 6.00. The molecular formula is C27H27NO3. The van der Waals surface area contributed by atoms with Crippen molar-refractivity contribution in [3.63, 3.8) is 0 Å². The van der Waals surface area contributed by atoms with E-state index in [1.54, 1.807) is 7.11 Å². The van der Waals surface area contributed by atoms with Crippen LogP contribution in [0.3, 0.4) is 0 Å². The van der Waals surface area contributed by atoms with Crippen LogP contribution in [-0.2, 0) is 0 Å². The topological polar surface area (TPSA) is 49.8 Å². The lowest BCUT2D eigenvalue weighted by Crippen LogP contribution is -2.31. The van der Waals surface area contributed by atoms with Crippen molar-refractivity contribution in [3.8, 4) is 16.9 Å². The summed E-state index contributed by atoms with van der Waals surface area (Å²) in [5, 5.41) is 13.9. The van der Waals surface area contributed by atoms with Gasteiger partial charge in [0.1, 0.15) is 12.5 Å². The van der Waals surface area contributed by atoms with E-state index in [0.717, 1.165) is 33.2 Å². The second-order valence-electron chi connectivity index (χ2n) is 7.86. The number of ether oxygens (including phenoxy) is 1. The Balaban J connectivity index is 1.75. The molecular weight excluding hydrogens is 386 g/mol. The zero-order valence-electron chi connectivity index (χ0n) is 18.4. The second-order valence-corrected chi connectivity index (χ2v) is 7.86. The summed E-state index contributed by atoms with van der Waals surface area (Å²) in [4.78, 5) is 13.9. The Morgan fingerprint density at radius 2 is 1.58 bits per heavy atom. The zero-order valence-corrected chi connectivity index (χ0v) is 18.4. The highest BCUT2D eigenvalue weighted by Gasteiger charge is 2.14. The zero-order chi connectivity index (χ0) is 22.1. The van der Waals surface area contributed by atoms with Gasteiger partial charge in [-0.05, 0) is 94.9 Å². The van der Waals surface area contributed by atoms with Gasteiger partial charge in [-0.3, -0.25) is 4.79 Å². The molecule has 0 atom stereocenters. The first-order valence-electron chi connectivity index (χ1n) is 10.5. The molecule has 4 nitrogen and oxygen atoms in total. The number of methoxy groups -OCH3 is 1. The number of hydrogen-bond acceptors (Lipinski definition) is 3. The molecule has 0 heterocycles. The molecule has 0 bridgehead atoms. The monoisotopic (exact) mass is 413 g/mol. The number of rotatable bonds is 5. The number of aliphatic hydroxyl groups excluding tert-OH is 1. The quantitative estimate of drug-likeness (QED) is 0.427. The van der Waals surface area contributed by atoms with Gasteiger partial charge in [-0.15, -0.1) is 0 Å². The van der Waals surface area contributed by atoms with E-state index in [1.165, 1.54) is 21.2 Å². The number of carbonyl (C=O) groups excluding carboxylic acids is 1. The first-order valence-corrected chi connectivity index (χ1v) is 10.5. The first kappa shape index (κ1) is 20.9. The normalized spacial score (nSPS) is 11.1. The molecule has 0 radical (unpaired) electrons. The molecule has 0 aliphatic rings. The van der Waals surface area contributed by atoms with Crippen molar-refractivity contribution in [1.82, 2.24) is 4.90 Å². The molecule has 0 aliphatic carbocycles. The molecule has 0 aromatic heterocycles. The molecule has 4 heteroatoms. The first-order chi connectivity index (χ1) is 15.0. The van der Waals surface area contributed by atoms with Gasteiger partial charge in [0.2, 0.25) is 0 Å². The molecule has 4 aromatic carbocycles.